The number of rotatable bonds is 6. The number of para-hydroxylation sites is 2. The van der Waals surface area contributed by atoms with Gasteiger partial charge in [0.1, 0.15) is 12.1 Å². The topological polar surface area (TPSA) is 121 Å². The molecule has 2 aliphatic heterocycles. The predicted molar refractivity (Wildman–Crippen MR) is 119 cm³/mol. The molecule has 168 valence electrons. The molecule has 0 bridgehead atoms. The van der Waals surface area contributed by atoms with E-state index in [2.05, 4.69) is 30.5 Å². The third kappa shape index (κ3) is 3.98. The van der Waals surface area contributed by atoms with Gasteiger partial charge in [0.2, 0.25) is 12.1 Å². The van der Waals surface area contributed by atoms with E-state index >= 15 is 0 Å². The number of carbonyl (C=O) groups excluding carboxylic acids is 1. The highest BCUT2D eigenvalue weighted by Gasteiger charge is 2.33. The summed E-state index contributed by atoms with van der Waals surface area (Å²) >= 11 is 0. The van der Waals surface area contributed by atoms with Crippen LogP contribution >= 0.6 is 0 Å². The summed E-state index contributed by atoms with van der Waals surface area (Å²) in [5.74, 6) is 2.55. The Morgan fingerprint density at radius 1 is 1.16 bits per heavy atom. The third-order valence-corrected chi connectivity index (χ3v) is 5.60. The number of carbonyl (C=O) groups is 1. The molecule has 1 amide bonds. The highest BCUT2D eigenvalue weighted by molar-refractivity contribution is 5.84. The van der Waals surface area contributed by atoms with E-state index in [0.29, 0.717) is 49.3 Å². The van der Waals surface area contributed by atoms with Gasteiger partial charge in [-0.25, -0.2) is 4.98 Å². The van der Waals surface area contributed by atoms with Crippen LogP contribution < -0.4 is 25.0 Å². The van der Waals surface area contributed by atoms with Crippen LogP contribution in [0.25, 0.3) is 11.2 Å². The number of hydrogen-bond donors (Lipinski definition) is 3. The molecule has 1 aromatic carbocycles. The molecule has 0 aliphatic carbocycles. The number of piperazine rings is 1. The second kappa shape index (κ2) is 8.87. The summed E-state index contributed by atoms with van der Waals surface area (Å²) in [6.45, 7) is 4.14. The summed E-state index contributed by atoms with van der Waals surface area (Å²) in [5, 5.41) is 6.43. The van der Waals surface area contributed by atoms with E-state index < -0.39 is 6.10 Å². The van der Waals surface area contributed by atoms with E-state index in [-0.39, 0.29) is 12.5 Å². The quantitative estimate of drug-likeness (QED) is 0.472. The Morgan fingerprint density at radius 2 is 1.97 bits per heavy atom. The number of likely N-dealkylation sites (N-methyl/N-ethyl adjacent to an activating group) is 1. The molecule has 0 spiro atoms. The van der Waals surface area contributed by atoms with Gasteiger partial charge < -0.3 is 34.9 Å². The zero-order valence-electron chi connectivity index (χ0n) is 17.9. The molecule has 2 aliphatic rings. The van der Waals surface area contributed by atoms with Crippen molar-refractivity contribution in [2.24, 2.45) is 0 Å². The first-order valence-electron chi connectivity index (χ1n) is 10.7. The van der Waals surface area contributed by atoms with Gasteiger partial charge in [-0.15, -0.1) is 0 Å². The van der Waals surface area contributed by atoms with Crippen LogP contribution in [0, 0.1) is 0 Å². The number of amides is 1. The van der Waals surface area contributed by atoms with Crippen LogP contribution in [-0.2, 0) is 4.79 Å². The minimum absolute atomic E-state index is 0.0581. The second-order valence-corrected chi connectivity index (χ2v) is 7.68. The average Bonchev–Trinajstić information content (AvgIpc) is 3.32. The lowest BCUT2D eigenvalue weighted by atomic mass is 10.2. The maximum Gasteiger partial charge on any atom is 0.267 e. The normalized spacial score (nSPS) is 18.1. The molecule has 32 heavy (non-hydrogen) atoms. The Morgan fingerprint density at radius 3 is 2.78 bits per heavy atom. The van der Waals surface area contributed by atoms with Crippen molar-refractivity contribution in [2.75, 3.05) is 63.1 Å². The summed E-state index contributed by atoms with van der Waals surface area (Å²) in [4.78, 5) is 33.6. The smallest absolute Gasteiger partial charge is 0.267 e. The van der Waals surface area contributed by atoms with Gasteiger partial charge in [0.25, 0.3) is 5.91 Å². The molecule has 0 saturated carbocycles. The van der Waals surface area contributed by atoms with Crippen molar-refractivity contribution in [3.8, 4) is 11.5 Å². The third-order valence-electron chi connectivity index (χ3n) is 5.60. The van der Waals surface area contributed by atoms with Gasteiger partial charge in [-0.2, -0.15) is 9.97 Å². The highest BCUT2D eigenvalue weighted by atomic mass is 16.6. The minimum Gasteiger partial charge on any atom is -0.485 e. The van der Waals surface area contributed by atoms with E-state index in [9.17, 15) is 4.79 Å². The van der Waals surface area contributed by atoms with E-state index in [1.165, 1.54) is 0 Å². The number of hydrogen-bond acceptors (Lipinski definition) is 9. The van der Waals surface area contributed by atoms with Crippen molar-refractivity contribution in [1.29, 1.82) is 0 Å². The van der Waals surface area contributed by atoms with Crippen LogP contribution in [0.1, 0.15) is 0 Å². The summed E-state index contributed by atoms with van der Waals surface area (Å²) in [6.07, 6.45) is 0.990. The molecule has 11 nitrogen and oxygen atoms in total. The number of imidazole rings is 1. The van der Waals surface area contributed by atoms with E-state index in [1.807, 2.05) is 36.2 Å². The van der Waals surface area contributed by atoms with Crippen LogP contribution in [0.15, 0.2) is 30.6 Å². The van der Waals surface area contributed by atoms with Gasteiger partial charge in [0.15, 0.2) is 23.0 Å². The second-order valence-electron chi connectivity index (χ2n) is 7.68. The fourth-order valence-electron chi connectivity index (χ4n) is 3.87. The average molecular weight is 438 g/mol. The molecular weight excluding hydrogens is 412 g/mol. The van der Waals surface area contributed by atoms with E-state index in [0.717, 1.165) is 24.4 Å². The van der Waals surface area contributed by atoms with Crippen molar-refractivity contribution >= 4 is 28.8 Å². The molecule has 0 radical (unpaired) electrons. The summed E-state index contributed by atoms with van der Waals surface area (Å²) in [6, 6.07) is 7.41. The molecule has 3 aromatic rings. The zero-order chi connectivity index (χ0) is 21.9. The fourth-order valence-corrected chi connectivity index (χ4v) is 3.87. The Hall–Kier alpha value is -3.60. The molecule has 1 fully saturated rings. The number of fused-ring (bicyclic) bond motifs is 2. The number of nitrogens with zero attached hydrogens (tertiary/aromatic N) is 5. The minimum atomic E-state index is -0.629. The highest BCUT2D eigenvalue weighted by Crippen LogP contribution is 2.31. The van der Waals surface area contributed by atoms with Crippen molar-refractivity contribution in [1.82, 2.24) is 30.2 Å². The standard InChI is InChI=1S/C21H26N8O3/c1-22-6-7-23-18-17-19(25-13-24-17)27-21(26-18)29-10-8-28(9-11-29)20(30)16-12-31-14-4-2-3-5-15(14)32-16/h2-5,13,16,22H,6-12H2,1H3,(H2,23,24,25,26,27). The maximum atomic E-state index is 13.0. The number of ether oxygens (including phenoxy) is 2. The Bertz CT molecular complexity index is 1100. The maximum absolute atomic E-state index is 13.0. The first kappa shape index (κ1) is 20.3. The van der Waals surface area contributed by atoms with Gasteiger partial charge in [0.05, 0.1) is 6.33 Å². The number of H-pyrrole nitrogens is 1. The summed E-state index contributed by atoms with van der Waals surface area (Å²) in [7, 11) is 1.91. The lowest BCUT2D eigenvalue weighted by molar-refractivity contribution is -0.141. The number of benzene rings is 1. The van der Waals surface area contributed by atoms with Crippen molar-refractivity contribution in [3.05, 3.63) is 30.6 Å². The van der Waals surface area contributed by atoms with Crippen molar-refractivity contribution < 1.29 is 14.3 Å². The molecular formula is C21H26N8O3. The Labute approximate surface area is 185 Å². The zero-order valence-corrected chi connectivity index (χ0v) is 17.9. The Balaban J connectivity index is 1.24. The molecule has 3 N–H and O–H groups in total. The monoisotopic (exact) mass is 438 g/mol. The van der Waals surface area contributed by atoms with Crippen LogP contribution in [0.4, 0.5) is 11.8 Å². The number of nitrogens with one attached hydrogen (secondary N) is 3. The van der Waals surface area contributed by atoms with Crippen LogP contribution in [0.5, 0.6) is 11.5 Å². The van der Waals surface area contributed by atoms with Gasteiger partial charge in [-0.05, 0) is 19.2 Å². The fraction of sp³-hybridized carbons (Fsp3) is 0.429. The molecule has 1 saturated heterocycles. The SMILES string of the molecule is CNCCNc1nc(N2CCN(C(=O)C3COc4ccccc4O3)CC2)nc2nc[nH]c12. The molecule has 2 aromatic heterocycles. The largest absolute Gasteiger partial charge is 0.485 e. The van der Waals surface area contributed by atoms with Crippen molar-refractivity contribution in [2.45, 2.75) is 6.10 Å². The summed E-state index contributed by atoms with van der Waals surface area (Å²) < 4.78 is 11.6. The van der Waals surface area contributed by atoms with Gasteiger partial charge in [-0.3, -0.25) is 4.79 Å². The molecule has 5 rings (SSSR count). The van der Waals surface area contributed by atoms with Crippen LogP contribution in [0.3, 0.4) is 0 Å². The Kier molecular flexibility index (Phi) is 5.63. The van der Waals surface area contributed by atoms with Crippen LogP contribution in [0.2, 0.25) is 0 Å². The van der Waals surface area contributed by atoms with Gasteiger partial charge >= 0.3 is 0 Å². The molecule has 4 heterocycles. The molecule has 1 atom stereocenters. The lowest BCUT2D eigenvalue weighted by Crippen LogP contribution is -2.54. The van der Waals surface area contributed by atoms with E-state index in [4.69, 9.17) is 14.5 Å². The molecule has 11 heteroatoms. The first-order chi connectivity index (χ1) is 15.7. The number of aromatic nitrogens is 4. The number of aromatic amines is 1. The van der Waals surface area contributed by atoms with Crippen LogP contribution in [-0.4, -0.2) is 89.8 Å². The summed E-state index contributed by atoms with van der Waals surface area (Å²) in [5.41, 5.74) is 1.40. The molecule has 1 unspecified atom stereocenters. The first-order valence-corrected chi connectivity index (χ1v) is 10.7. The van der Waals surface area contributed by atoms with Gasteiger partial charge in [-0.1, -0.05) is 12.1 Å². The predicted octanol–water partition coefficient (Wildman–Crippen LogP) is 0.473. The van der Waals surface area contributed by atoms with E-state index in [1.54, 1.807) is 6.33 Å². The van der Waals surface area contributed by atoms with Gasteiger partial charge in [0, 0.05) is 39.3 Å². The number of anilines is 2. The lowest BCUT2D eigenvalue weighted by Gasteiger charge is -2.37. The van der Waals surface area contributed by atoms with Crippen molar-refractivity contribution in [3.63, 3.8) is 0 Å².